The van der Waals surface area contributed by atoms with Crippen LogP contribution in [-0.4, -0.2) is 10.9 Å². The summed E-state index contributed by atoms with van der Waals surface area (Å²) in [6.07, 6.45) is 0. The first-order valence-corrected chi connectivity index (χ1v) is 8.22. The van der Waals surface area contributed by atoms with Gasteiger partial charge >= 0.3 is 0 Å². The lowest BCUT2D eigenvalue weighted by Gasteiger charge is -2.27. The summed E-state index contributed by atoms with van der Waals surface area (Å²) in [5.74, 6) is -0.281. The average Bonchev–Trinajstić information content (AvgIpc) is 2.71. The molecule has 1 N–H and O–H groups in total. The molecule has 0 aliphatic carbocycles. The minimum absolute atomic E-state index is 0.281. The smallest absolute Gasteiger partial charge is 0.204 e. The van der Waals surface area contributed by atoms with Crippen molar-refractivity contribution in [2.45, 2.75) is 15.4 Å². The van der Waals surface area contributed by atoms with E-state index < -0.39 is 5.60 Å². The fraction of sp³-hybridized carbons (Fsp3) is 0.0500. The van der Waals surface area contributed by atoms with Crippen molar-refractivity contribution in [2.75, 3.05) is 0 Å². The van der Waals surface area contributed by atoms with E-state index in [1.54, 1.807) is 18.2 Å². The summed E-state index contributed by atoms with van der Waals surface area (Å²) in [4.78, 5) is 15.0. The second kappa shape index (κ2) is 5.37. The number of carbonyl (C=O) groups excluding carboxylic acids is 1. The highest BCUT2D eigenvalue weighted by Gasteiger charge is 2.44. The molecule has 23 heavy (non-hydrogen) atoms. The standard InChI is InChI=1S/C20H14O2S/c21-19-15-10-4-6-12-17(15)23-18-13-7-5-11-16(18)20(19,22)14-8-2-1-3-9-14/h1-13,22H/t20-/m0/s1. The highest BCUT2D eigenvalue weighted by atomic mass is 32.2. The van der Waals surface area contributed by atoms with E-state index in [9.17, 15) is 9.90 Å². The van der Waals surface area contributed by atoms with E-state index in [1.165, 1.54) is 11.8 Å². The normalized spacial score (nSPS) is 19.6. The first-order chi connectivity index (χ1) is 11.2. The van der Waals surface area contributed by atoms with Crippen molar-refractivity contribution in [2.24, 2.45) is 0 Å². The fourth-order valence-electron chi connectivity index (χ4n) is 3.00. The van der Waals surface area contributed by atoms with Gasteiger partial charge in [0.15, 0.2) is 5.60 Å². The molecule has 0 saturated heterocycles. The van der Waals surface area contributed by atoms with Crippen LogP contribution in [0.15, 0.2) is 88.7 Å². The number of hydrogen-bond donors (Lipinski definition) is 1. The van der Waals surface area contributed by atoms with Gasteiger partial charge in [0.2, 0.25) is 5.78 Å². The number of rotatable bonds is 1. The van der Waals surface area contributed by atoms with Crippen molar-refractivity contribution in [3.8, 4) is 0 Å². The third-order valence-corrected chi connectivity index (χ3v) is 5.30. The second-order valence-electron chi connectivity index (χ2n) is 5.50. The lowest BCUT2D eigenvalue weighted by Crippen LogP contribution is -2.37. The van der Waals surface area contributed by atoms with Crippen LogP contribution in [0, 0.1) is 0 Å². The van der Waals surface area contributed by atoms with Crippen LogP contribution in [0.1, 0.15) is 21.5 Å². The monoisotopic (exact) mass is 318 g/mol. The lowest BCUT2D eigenvalue weighted by molar-refractivity contribution is 0.0477. The maximum absolute atomic E-state index is 13.3. The number of aliphatic hydroxyl groups is 1. The molecule has 3 aromatic rings. The Balaban J connectivity index is 2.06. The van der Waals surface area contributed by atoms with Gasteiger partial charge in [-0.2, -0.15) is 0 Å². The molecule has 1 atom stereocenters. The Morgan fingerprint density at radius 1 is 0.739 bits per heavy atom. The van der Waals surface area contributed by atoms with E-state index in [0.717, 1.165) is 9.79 Å². The van der Waals surface area contributed by atoms with Crippen molar-refractivity contribution in [1.29, 1.82) is 0 Å². The molecule has 1 heterocycles. The Labute approximate surface area is 138 Å². The Bertz CT molecular complexity index is 889. The predicted octanol–water partition coefficient (Wildman–Crippen LogP) is 4.27. The highest BCUT2D eigenvalue weighted by Crippen LogP contribution is 2.45. The lowest BCUT2D eigenvalue weighted by atomic mass is 9.80. The van der Waals surface area contributed by atoms with Crippen LogP contribution in [0.2, 0.25) is 0 Å². The molecular weight excluding hydrogens is 304 g/mol. The van der Waals surface area contributed by atoms with E-state index in [0.29, 0.717) is 16.7 Å². The predicted molar refractivity (Wildman–Crippen MR) is 90.8 cm³/mol. The molecule has 3 heteroatoms. The van der Waals surface area contributed by atoms with Gasteiger partial charge in [0.1, 0.15) is 0 Å². The van der Waals surface area contributed by atoms with Crippen molar-refractivity contribution in [3.05, 3.63) is 95.6 Å². The third kappa shape index (κ3) is 2.12. The van der Waals surface area contributed by atoms with E-state index in [1.807, 2.05) is 60.7 Å². The van der Waals surface area contributed by atoms with Gasteiger partial charge in [-0.05, 0) is 17.7 Å². The van der Waals surface area contributed by atoms with Crippen molar-refractivity contribution >= 4 is 17.5 Å². The maximum Gasteiger partial charge on any atom is 0.204 e. The molecular formula is C20H14O2S. The summed E-state index contributed by atoms with van der Waals surface area (Å²) >= 11 is 1.52. The highest BCUT2D eigenvalue weighted by molar-refractivity contribution is 7.99. The Hall–Kier alpha value is -2.36. The number of carbonyl (C=O) groups is 1. The summed E-state index contributed by atoms with van der Waals surface area (Å²) in [7, 11) is 0. The van der Waals surface area contributed by atoms with Crippen LogP contribution >= 0.6 is 11.8 Å². The summed E-state index contributed by atoms with van der Waals surface area (Å²) in [5.41, 5.74) is 0.115. The molecule has 0 saturated carbocycles. The van der Waals surface area contributed by atoms with Gasteiger partial charge in [-0.3, -0.25) is 4.79 Å². The second-order valence-corrected chi connectivity index (χ2v) is 6.58. The van der Waals surface area contributed by atoms with E-state index in [4.69, 9.17) is 0 Å². The summed E-state index contributed by atoms with van der Waals surface area (Å²) in [6, 6.07) is 24.2. The van der Waals surface area contributed by atoms with Crippen LogP contribution in [-0.2, 0) is 5.60 Å². The molecule has 0 unspecified atom stereocenters. The largest absolute Gasteiger partial charge is 0.373 e. The van der Waals surface area contributed by atoms with E-state index >= 15 is 0 Å². The molecule has 112 valence electrons. The molecule has 1 aliphatic rings. The fourth-order valence-corrected chi connectivity index (χ4v) is 4.13. The van der Waals surface area contributed by atoms with E-state index in [-0.39, 0.29) is 5.78 Å². The molecule has 0 amide bonds. The number of fused-ring (bicyclic) bond motifs is 2. The average molecular weight is 318 g/mol. The van der Waals surface area contributed by atoms with Gasteiger partial charge < -0.3 is 5.11 Å². The van der Waals surface area contributed by atoms with Crippen LogP contribution < -0.4 is 0 Å². The van der Waals surface area contributed by atoms with Gasteiger partial charge in [-0.25, -0.2) is 0 Å². The van der Waals surface area contributed by atoms with Crippen molar-refractivity contribution in [1.82, 2.24) is 0 Å². The van der Waals surface area contributed by atoms with Crippen molar-refractivity contribution in [3.63, 3.8) is 0 Å². The molecule has 0 aromatic heterocycles. The molecule has 1 aliphatic heterocycles. The quantitative estimate of drug-likeness (QED) is 0.728. The zero-order valence-corrected chi connectivity index (χ0v) is 13.1. The first-order valence-electron chi connectivity index (χ1n) is 7.40. The van der Waals surface area contributed by atoms with Crippen LogP contribution in [0.5, 0.6) is 0 Å². The zero-order chi connectivity index (χ0) is 15.9. The number of ketones is 1. The molecule has 0 fully saturated rings. The number of Topliss-reactive ketones (excluding diaryl/α,β-unsaturated/α-hetero) is 1. The molecule has 4 rings (SSSR count). The molecule has 0 bridgehead atoms. The number of benzene rings is 3. The molecule has 3 aromatic carbocycles. The van der Waals surface area contributed by atoms with Crippen LogP contribution in [0.4, 0.5) is 0 Å². The first kappa shape index (κ1) is 14.2. The minimum atomic E-state index is -1.67. The molecule has 0 spiro atoms. The number of hydrogen-bond acceptors (Lipinski definition) is 3. The van der Waals surface area contributed by atoms with Gasteiger partial charge in [-0.1, -0.05) is 78.5 Å². The van der Waals surface area contributed by atoms with Crippen LogP contribution in [0.3, 0.4) is 0 Å². The summed E-state index contributed by atoms with van der Waals surface area (Å²) in [6.45, 7) is 0. The maximum atomic E-state index is 13.3. The zero-order valence-electron chi connectivity index (χ0n) is 12.3. The van der Waals surface area contributed by atoms with Gasteiger partial charge in [0, 0.05) is 20.9 Å². The molecule has 2 nitrogen and oxygen atoms in total. The third-order valence-electron chi connectivity index (χ3n) is 4.15. The summed E-state index contributed by atoms with van der Waals surface area (Å²) < 4.78 is 0. The Morgan fingerprint density at radius 3 is 2.13 bits per heavy atom. The van der Waals surface area contributed by atoms with Gasteiger partial charge in [0.25, 0.3) is 0 Å². The SMILES string of the molecule is O=C1c2ccccc2Sc2ccccc2[C@@]1(O)c1ccccc1. The Kier molecular flexibility index (Phi) is 3.33. The van der Waals surface area contributed by atoms with Crippen molar-refractivity contribution < 1.29 is 9.90 Å². The summed E-state index contributed by atoms with van der Waals surface area (Å²) in [5, 5.41) is 11.5. The Morgan fingerprint density at radius 2 is 1.35 bits per heavy atom. The minimum Gasteiger partial charge on any atom is -0.373 e. The topological polar surface area (TPSA) is 37.3 Å². The van der Waals surface area contributed by atoms with Gasteiger partial charge in [-0.15, -0.1) is 0 Å². The van der Waals surface area contributed by atoms with Crippen LogP contribution in [0.25, 0.3) is 0 Å². The van der Waals surface area contributed by atoms with Gasteiger partial charge in [0.05, 0.1) is 0 Å². The molecule has 0 radical (unpaired) electrons. The van der Waals surface area contributed by atoms with E-state index in [2.05, 4.69) is 0 Å².